The van der Waals surface area contributed by atoms with Gasteiger partial charge in [0, 0.05) is 30.7 Å². The zero-order valence-electron chi connectivity index (χ0n) is 12.0. The summed E-state index contributed by atoms with van der Waals surface area (Å²) in [5.41, 5.74) is 1.01. The van der Waals surface area contributed by atoms with E-state index in [1.54, 1.807) is 4.68 Å². The van der Waals surface area contributed by atoms with Crippen molar-refractivity contribution in [2.45, 2.75) is 39.5 Å². The van der Waals surface area contributed by atoms with E-state index in [9.17, 15) is 5.11 Å². The van der Waals surface area contributed by atoms with Crippen LogP contribution >= 0.6 is 0 Å². The Morgan fingerprint density at radius 3 is 2.65 bits per heavy atom. The van der Waals surface area contributed by atoms with Gasteiger partial charge in [0.2, 0.25) is 0 Å². The summed E-state index contributed by atoms with van der Waals surface area (Å²) in [6.45, 7) is 6.06. The number of aromatic nitrogens is 5. The molecule has 1 N–H and O–H groups in total. The monoisotopic (exact) mass is 273 g/mol. The Kier molecular flexibility index (Phi) is 3.25. The van der Waals surface area contributed by atoms with Crippen LogP contribution in [0.4, 0.5) is 0 Å². The molecule has 6 heteroatoms. The minimum atomic E-state index is 0.229. The minimum absolute atomic E-state index is 0.229. The molecule has 3 rings (SSSR count). The SMILES string of the molecule is CCc1nc([C@@H]2C[C@H]2CO)cc(-n2nc(C)nc2C)n1. The molecule has 1 aliphatic carbocycles. The van der Waals surface area contributed by atoms with E-state index in [1.807, 2.05) is 26.8 Å². The van der Waals surface area contributed by atoms with Gasteiger partial charge in [-0.2, -0.15) is 4.68 Å². The second kappa shape index (κ2) is 4.94. The Labute approximate surface area is 117 Å². The van der Waals surface area contributed by atoms with Crippen LogP contribution < -0.4 is 0 Å². The quantitative estimate of drug-likeness (QED) is 0.909. The minimum Gasteiger partial charge on any atom is -0.396 e. The number of aliphatic hydroxyl groups excluding tert-OH is 1. The molecule has 0 saturated heterocycles. The molecule has 106 valence electrons. The maximum atomic E-state index is 9.23. The maximum absolute atomic E-state index is 9.23. The Morgan fingerprint density at radius 2 is 2.10 bits per heavy atom. The summed E-state index contributed by atoms with van der Waals surface area (Å²) in [4.78, 5) is 13.5. The van der Waals surface area contributed by atoms with Gasteiger partial charge < -0.3 is 5.11 Å². The second-order valence-corrected chi connectivity index (χ2v) is 5.32. The summed E-state index contributed by atoms with van der Waals surface area (Å²) in [6, 6.07) is 1.97. The highest BCUT2D eigenvalue weighted by atomic mass is 16.3. The van der Waals surface area contributed by atoms with E-state index in [-0.39, 0.29) is 6.61 Å². The molecule has 0 amide bonds. The van der Waals surface area contributed by atoms with Crippen LogP contribution in [0, 0.1) is 19.8 Å². The molecule has 1 saturated carbocycles. The third-order valence-electron chi connectivity index (χ3n) is 3.72. The largest absolute Gasteiger partial charge is 0.396 e. The molecule has 0 aliphatic heterocycles. The van der Waals surface area contributed by atoms with Crippen LogP contribution in [0.1, 0.15) is 42.4 Å². The van der Waals surface area contributed by atoms with Gasteiger partial charge in [-0.15, -0.1) is 5.10 Å². The predicted molar refractivity (Wildman–Crippen MR) is 73.7 cm³/mol. The van der Waals surface area contributed by atoms with Gasteiger partial charge in [0.05, 0.1) is 0 Å². The van der Waals surface area contributed by atoms with Gasteiger partial charge in [0.1, 0.15) is 17.5 Å². The van der Waals surface area contributed by atoms with Gasteiger partial charge in [-0.25, -0.2) is 15.0 Å². The lowest BCUT2D eigenvalue weighted by Gasteiger charge is -2.07. The van der Waals surface area contributed by atoms with E-state index in [1.165, 1.54) is 0 Å². The zero-order chi connectivity index (χ0) is 14.3. The Bertz CT molecular complexity index is 636. The first-order valence-corrected chi connectivity index (χ1v) is 7.01. The van der Waals surface area contributed by atoms with Crippen molar-refractivity contribution < 1.29 is 5.11 Å². The lowest BCUT2D eigenvalue weighted by Crippen LogP contribution is -2.08. The predicted octanol–water partition coefficient (Wildman–Crippen LogP) is 1.33. The molecular formula is C14H19N5O. The summed E-state index contributed by atoms with van der Waals surface area (Å²) < 4.78 is 1.76. The lowest BCUT2D eigenvalue weighted by molar-refractivity contribution is 0.273. The molecule has 2 aromatic heterocycles. The topological polar surface area (TPSA) is 76.7 Å². The molecule has 0 bridgehead atoms. The van der Waals surface area contributed by atoms with Crippen molar-refractivity contribution in [2.24, 2.45) is 5.92 Å². The zero-order valence-corrected chi connectivity index (χ0v) is 12.0. The van der Waals surface area contributed by atoms with Crippen molar-refractivity contribution in [3.63, 3.8) is 0 Å². The fourth-order valence-corrected chi connectivity index (χ4v) is 2.51. The molecule has 0 radical (unpaired) electrons. The molecule has 0 spiro atoms. The molecule has 1 fully saturated rings. The van der Waals surface area contributed by atoms with Crippen LogP contribution in [0.2, 0.25) is 0 Å². The van der Waals surface area contributed by atoms with Crippen LogP contribution in [0.3, 0.4) is 0 Å². The highest BCUT2D eigenvalue weighted by Crippen LogP contribution is 2.46. The van der Waals surface area contributed by atoms with Crippen LogP contribution in [0.5, 0.6) is 0 Å². The van der Waals surface area contributed by atoms with Crippen LogP contribution in [0.15, 0.2) is 6.07 Å². The summed E-state index contributed by atoms with van der Waals surface area (Å²) in [7, 11) is 0. The fraction of sp³-hybridized carbons (Fsp3) is 0.571. The number of aryl methyl sites for hydroxylation is 3. The van der Waals surface area contributed by atoms with Gasteiger partial charge >= 0.3 is 0 Å². The summed E-state index contributed by atoms with van der Waals surface area (Å²) in [5.74, 6) is 3.85. The third kappa shape index (κ3) is 2.31. The summed E-state index contributed by atoms with van der Waals surface area (Å²) in [5, 5.41) is 13.6. The van der Waals surface area contributed by atoms with Gasteiger partial charge in [-0.05, 0) is 26.2 Å². The molecule has 2 atom stereocenters. The average molecular weight is 273 g/mol. The molecular weight excluding hydrogens is 254 g/mol. The third-order valence-corrected chi connectivity index (χ3v) is 3.72. The Balaban J connectivity index is 2.02. The Morgan fingerprint density at radius 1 is 1.30 bits per heavy atom. The number of hydrogen-bond donors (Lipinski definition) is 1. The first kappa shape index (κ1) is 13.2. The molecule has 1 aliphatic rings. The van der Waals surface area contributed by atoms with Crippen LogP contribution in [-0.4, -0.2) is 36.4 Å². The van der Waals surface area contributed by atoms with E-state index >= 15 is 0 Å². The molecule has 20 heavy (non-hydrogen) atoms. The highest BCUT2D eigenvalue weighted by Gasteiger charge is 2.39. The van der Waals surface area contributed by atoms with E-state index in [0.717, 1.165) is 41.8 Å². The number of aliphatic hydroxyl groups is 1. The fourth-order valence-electron chi connectivity index (χ4n) is 2.51. The summed E-state index contributed by atoms with van der Waals surface area (Å²) >= 11 is 0. The molecule has 0 aromatic carbocycles. The van der Waals surface area contributed by atoms with Crippen molar-refractivity contribution in [2.75, 3.05) is 6.61 Å². The van der Waals surface area contributed by atoms with Gasteiger partial charge in [0.25, 0.3) is 0 Å². The van der Waals surface area contributed by atoms with E-state index in [0.29, 0.717) is 11.8 Å². The van der Waals surface area contributed by atoms with E-state index in [2.05, 4.69) is 20.1 Å². The van der Waals surface area contributed by atoms with Crippen LogP contribution in [-0.2, 0) is 6.42 Å². The van der Waals surface area contributed by atoms with Gasteiger partial charge in [-0.1, -0.05) is 6.92 Å². The van der Waals surface area contributed by atoms with Crippen molar-refractivity contribution in [1.29, 1.82) is 0 Å². The first-order valence-electron chi connectivity index (χ1n) is 7.01. The van der Waals surface area contributed by atoms with Crippen molar-refractivity contribution in [3.05, 3.63) is 29.2 Å². The van der Waals surface area contributed by atoms with E-state index in [4.69, 9.17) is 0 Å². The first-order chi connectivity index (χ1) is 9.62. The molecule has 2 heterocycles. The van der Waals surface area contributed by atoms with Crippen molar-refractivity contribution in [1.82, 2.24) is 24.7 Å². The maximum Gasteiger partial charge on any atom is 0.159 e. The van der Waals surface area contributed by atoms with Crippen molar-refractivity contribution >= 4 is 0 Å². The van der Waals surface area contributed by atoms with E-state index < -0.39 is 0 Å². The van der Waals surface area contributed by atoms with Gasteiger partial charge in [0.15, 0.2) is 5.82 Å². The summed E-state index contributed by atoms with van der Waals surface area (Å²) in [6.07, 6.45) is 1.79. The normalized spacial score (nSPS) is 21.2. The lowest BCUT2D eigenvalue weighted by atomic mass is 10.2. The molecule has 2 aromatic rings. The second-order valence-electron chi connectivity index (χ2n) is 5.32. The molecule has 6 nitrogen and oxygen atoms in total. The number of hydrogen-bond acceptors (Lipinski definition) is 5. The van der Waals surface area contributed by atoms with Crippen molar-refractivity contribution in [3.8, 4) is 5.82 Å². The number of nitrogens with zero attached hydrogens (tertiary/aromatic N) is 5. The Hall–Kier alpha value is -1.82. The van der Waals surface area contributed by atoms with Crippen LogP contribution in [0.25, 0.3) is 5.82 Å². The standard InChI is InChI=1S/C14H19N5O/c1-4-13-16-12(11-5-10(11)7-20)6-14(17-13)19-9(3)15-8(2)18-19/h6,10-11,20H,4-5,7H2,1-3H3/t10-,11+/m0/s1. The highest BCUT2D eigenvalue weighted by molar-refractivity contribution is 5.30. The smallest absolute Gasteiger partial charge is 0.159 e. The average Bonchev–Trinajstić information content (AvgIpc) is 3.16. The number of rotatable bonds is 4. The molecule has 0 unspecified atom stereocenters. The van der Waals surface area contributed by atoms with Gasteiger partial charge in [-0.3, -0.25) is 0 Å².